The minimum atomic E-state index is -1.22. The first-order valence-electron chi connectivity index (χ1n) is 9.22. The maximum Gasteiger partial charge on any atom is 0.224 e. The van der Waals surface area contributed by atoms with Gasteiger partial charge in [0.05, 0.1) is 19.3 Å². The molecule has 3 aromatic rings. The SMILES string of the molecule is Fc1ccc(F)c(CNc2nccc(N3CCOCC3c3ccccc3)n2)c1F. The molecule has 1 aliphatic heterocycles. The lowest BCUT2D eigenvalue weighted by molar-refractivity contribution is 0.0937. The molecule has 0 bridgehead atoms. The van der Waals surface area contributed by atoms with Crippen molar-refractivity contribution in [3.63, 3.8) is 0 Å². The first-order chi connectivity index (χ1) is 14.1. The fourth-order valence-corrected chi connectivity index (χ4v) is 3.32. The van der Waals surface area contributed by atoms with Crippen molar-refractivity contribution in [1.29, 1.82) is 0 Å². The van der Waals surface area contributed by atoms with Crippen LogP contribution in [0.1, 0.15) is 17.2 Å². The molecular formula is C21H19F3N4O. The van der Waals surface area contributed by atoms with Crippen molar-refractivity contribution < 1.29 is 17.9 Å². The van der Waals surface area contributed by atoms with Crippen molar-refractivity contribution in [2.75, 3.05) is 30.0 Å². The number of anilines is 2. The van der Waals surface area contributed by atoms with Gasteiger partial charge in [-0.3, -0.25) is 0 Å². The average Bonchev–Trinajstić information content (AvgIpc) is 2.77. The van der Waals surface area contributed by atoms with E-state index in [4.69, 9.17) is 4.74 Å². The van der Waals surface area contributed by atoms with Gasteiger partial charge in [0.25, 0.3) is 0 Å². The molecule has 29 heavy (non-hydrogen) atoms. The lowest BCUT2D eigenvalue weighted by Gasteiger charge is -2.36. The topological polar surface area (TPSA) is 50.3 Å². The van der Waals surface area contributed by atoms with E-state index < -0.39 is 23.0 Å². The molecule has 1 saturated heterocycles. The van der Waals surface area contributed by atoms with Gasteiger partial charge < -0.3 is 15.0 Å². The summed E-state index contributed by atoms with van der Waals surface area (Å²) in [6, 6.07) is 13.4. The number of hydrogen-bond acceptors (Lipinski definition) is 5. The predicted octanol–water partition coefficient (Wildman–Crippen LogP) is 4.08. The molecule has 0 spiro atoms. The normalized spacial score (nSPS) is 16.7. The summed E-state index contributed by atoms with van der Waals surface area (Å²) >= 11 is 0. The van der Waals surface area contributed by atoms with Gasteiger partial charge in [-0.1, -0.05) is 30.3 Å². The van der Waals surface area contributed by atoms with Crippen LogP contribution in [-0.4, -0.2) is 29.7 Å². The molecule has 0 saturated carbocycles. The zero-order valence-electron chi connectivity index (χ0n) is 15.5. The van der Waals surface area contributed by atoms with Crippen LogP contribution < -0.4 is 10.2 Å². The van der Waals surface area contributed by atoms with Crippen LogP contribution in [0, 0.1) is 17.5 Å². The highest BCUT2D eigenvalue weighted by Gasteiger charge is 2.26. The molecule has 0 amide bonds. The van der Waals surface area contributed by atoms with Crippen LogP contribution in [0.15, 0.2) is 54.7 Å². The summed E-state index contributed by atoms with van der Waals surface area (Å²) in [6.45, 7) is 1.46. The highest BCUT2D eigenvalue weighted by atomic mass is 19.2. The number of nitrogens with zero attached hydrogens (tertiary/aromatic N) is 3. The Morgan fingerprint density at radius 2 is 1.83 bits per heavy atom. The van der Waals surface area contributed by atoms with E-state index in [2.05, 4.69) is 20.2 Å². The summed E-state index contributed by atoms with van der Waals surface area (Å²) in [5.74, 6) is -2.28. The van der Waals surface area contributed by atoms with E-state index in [9.17, 15) is 13.2 Å². The van der Waals surface area contributed by atoms with Gasteiger partial charge in [0, 0.05) is 24.8 Å². The zero-order chi connectivity index (χ0) is 20.2. The van der Waals surface area contributed by atoms with Crippen LogP contribution >= 0.6 is 0 Å². The Labute approximate surface area is 166 Å². The quantitative estimate of drug-likeness (QED) is 0.654. The van der Waals surface area contributed by atoms with Crippen molar-refractivity contribution in [2.24, 2.45) is 0 Å². The standard InChI is InChI=1S/C21H19F3N4O/c22-16-6-7-17(23)20(24)15(16)12-26-21-25-9-8-19(27-21)28-10-11-29-13-18(28)14-4-2-1-3-5-14/h1-9,18H,10-13H2,(H,25,26,27). The Hall–Kier alpha value is -3.13. The summed E-state index contributed by atoms with van der Waals surface area (Å²) in [6.07, 6.45) is 1.57. The van der Waals surface area contributed by atoms with E-state index in [0.717, 1.165) is 17.7 Å². The molecule has 150 valence electrons. The molecule has 2 heterocycles. The van der Waals surface area contributed by atoms with Crippen molar-refractivity contribution in [1.82, 2.24) is 9.97 Å². The number of ether oxygens (including phenoxy) is 1. The second-order valence-corrected chi connectivity index (χ2v) is 6.61. The van der Waals surface area contributed by atoms with Crippen molar-refractivity contribution in [3.05, 3.63) is 83.3 Å². The van der Waals surface area contributed by atoms with Crippen LogP contribution in [0.25, 0.3) is 0 Å². The number of rotatable bonds is 5. The second-order valence-electron chi connectivity index (χ2n) is 6.61. The van der Waals surface area contributed by atoms with Crippen LogP contribution in [0.5, 0.6) is 0 Å². The van der Waals surface area contributed by atoms with Crippen LogP contribution in [0.4, 0.5) is 24.9 Å². The maximum atomic E-state index is 13.9. The van der Waals surface area contributed by atoms with Gasteiger partial charge in [0.15, 0.2) is 11.6 Å². The first-order valence-corrected chi connectivity index (χ1v) is 9.22. The molecule has 8 heteroatoms. The summed E-state index contributed by atoms with van der Waals surface area (Å²) in [7, 11) is 0. The van der Waals surface area contributed by atoms with Gasteiger partial charge in [0.2, 0.25) is 5.95 Å². The molecule has 0 aliphatic carbocycles. The van der Waals surface area contributed by atoms with Crippen LogP contribution in [0.2, 0.25) is 0 Å². The number of halogens is 3. The smallest absolute Gasteiger partial charge is 0.224 e. The van der Waals surface area contributed by atoms with Gasteiger partial charge in [0.1, 0.15) is 11.6 Å². The van der Waals surface area contributed by atoms with Gasteiger partial charge >= 0.3 is 0 Å². The van der Waals surface area contributed by atoms with Crippen LogP contribution in [-0.2, 0) is 11.3 Å². The number of benzene rings is 2. The minimum Gasteiger partial charge on any atom is -0.377 e. The molecule has 4 rings (SSSR count). The molecule has 1 aromatic heterocycles. The Bertz CT molecular complexity index is 987. The van der Waals surface area contributed by atoms with E-state index in [1.807, 2.05) is 30.3 Å². The fourth-order valence-electron chi connectivity index (χ4n) is 3.32. The van der Waals surface area contributed by atoms with E-state index in [0.29, 0.717) is 25.6 Å². The van der Waals surface area contributed by atoms with Crippen molar-refractivity contribution >= 4 is 11.8 Å². The Morgan fingerprint density at radius 3 is 2.66 bits per heavy atom. The minimum absolute atomic E-state index is 0.00851. The lowest BCUT2D eigenvalue weighted by Crippen LogP contribution is -2.40. The summed E-state index contributed by atoms with van der Waals surface area (Å²) in [4.78, 5) is 10.7. The Morgan fingerprint density at radius 1 is 1.03 bits per heavy atom. The molecule has 1 aliphatic rings. The fraction of sp³-hybridized carbons (Fsp3) is 0.238. The summed E-state index contributed by atoms with van der Waals surface area (Å²) < 4.78 is 46.7. The van der Waals surface area contributed by atoms with Crippen LogP contribution in [0.3, 0.4) is 0 Å². The Balaban J connectivity index is 1.55. The summed E-state index contributed by atoms with van der Waals surface area (Å²) in [5.41, 5.74) is 0.705. The number of morpholine rings is 1. The van der Waals surface area contributed by atoms with Gasteiger partial charge in [-0.15, -0.1) is 0 Å². The van der Waals surface area contributed by atoms with E-state index in [1.165, 1.54) is 0 Å². The molecule has 1 unspecified atom stereocenters. The van der Waals surface area contributed by atoms with E-state index in [-0.39, 0.29) is 18.5 Å². The number of nitrogens with one attached hydrogen (secondary N) is 1. The lowest BCUT2D eigenvalue weighted by atomic mass is 10.1. The van der Waals surface area contributed by atoms with Gasteiger partial charge in [-0.05, 0) is 23.8 Å². The molecule has 2 aromatic carbocycles. The van der Waals surface area contributed by atoms with Gasteiger partial charge in [-0.2, -0.15) is 4.98 Å². The first kappa shape index (κ1) is 19.2. The average molecular weight is 400 g/mol. The summed E-state index contributed by atoms with van der Waals surface area (Å²) in [5, 5.41) is 2.78. The molecule has 1 N–H and O–H groups in total. The maximum absolute atomic E-state index is 13.9. The highest BCUT2D eigenvalue weighted by molar-refractivity contribution is 5.46. The Kier molecular flexibility index (Phi) is 5.62. The number of hydrogen-bond donors (Lipinski definition) is 1. The largest absolute Gasteiger partial charge is 0.377 e. The van der Waals surface area contributed by atoms with E-state index >= 15 is 0 Å². The number of aromatic nitrogens is 2. The molecule has 0 radical (unpaired) electrons. The molecule has 1 fully saturated rings. The monoisotopic (exact) mass is 400 g/mol. The molecule has 1 atom stereocenters. The van der Waals surface area contributed by atoms with Gasteiger partial charge in [-0.25, -0.2) is 18.2 Å². The van der Waals surface area contributed by atoms with E-state index in [1.54, 1.807) is 12.3 Å². The predicted molar refractivity (Wildman–Crippen MR) is 103 cm³/mol. The zero-order valence-corrected chi connectivity index (χ0v) is 15.5. The van der Waals surface area contributed by atoms with Crippen molar-refractivity contribution in [3.8, 4) is 0 Å². The molecule has 5 nitrogen and oxygen atoms in total. The third-order valence-corrected chi connectivity index (χ3v) is 4.81. The third kappa shape index (κ3) is 4.17. The molecular weight excluding hydrogens is 381 g/mol. The second kappa shape index (κ2) is 8.48. The van der Waals surface area contributed by atoms with Crippen molar-refractivity contribution in [2.45, 2.75) is 12.6 Å². The highest BCUT2D eigenvalue weighted by Crippen LogP contribution is 2.29. The third-order valence-electron chi connectivity index (χ3n) is 4.81.